The van der Waals surface area contributed by atoms with E-state index in [1.807, 2.05) is 0 Å². The van der Waals surface area contributed by atoms with Crippen LogP contribution in [-0.4, -0.2) is 0 Å². The highest BCUT2D eigenvalue weighted by Gasteiger charge is 2.32. The van der Waals surface area contributed by atoms with Crippen LogP contribution < -0.4 is 0 Å². The van der Waals surface area contributed by atoms with E-state index in [0.29, 0.717) is 0 Å². The standard InChI is InChI=1S/C60H36/c1-3-16-39(17-4-1)50-34-53-54(35-51(50)40-18-5-2-6-19-40)57(45-29-27-38-15-8-10-22-43(38)33-45)60-55-36-52-46-23-12-11-20-41(46)30-31-47(52)48-24-13-25-49(58(48)55)59(60)56(53)44-28-26-37-14-7-9-21-42(37)32-44/h1-36H. The van der Waals surface area contributed by atoms with E-state index < -0.39 is 0 Å². The Kier molecular flexibility index (Phi) is 7.11. The molecule has 0 unspecified atom stereocenters. The van der Waals surface area contributed by atoms with E-state index in [9.17, 15) is 0 Å². The Balaban J connectivity index is 1.28. The van der Waals surface area contributed by atoms with Gasteiger partial charge in [-0.05, 0) is 162 Å². The smallest absolute Gasteiger partial charge is 0.000718 e. The molecule has 276 valence electrons. The molecule has 0 heterocycles. The molecule has 1 aliphatic rings. The largest absolute Gasteiger partial charge is 0.0622 e. The highest BCUT2D eigenvalue weighted by molar-refractivity contribution is 6.33. The molecule has 60 heavy (non-hydrogen) atoms. The minimum atomic E-state index is 1.21. The Morgan fingerprint density at radius 2 is 0.650 bits per heavy atom. The van der Waals surface area contributed by atoms with E-state index in [4.69, 9.17) is 0 Å². The van der Waals surface area contributed by atoms with Crippen LogP contribution in [0.1, 0.15) is 0 Å². The molecule has 0 saturated carbocycles. The van der Waals surface area contributed by atoms with Gasteiger partial charge >= 0.3 is 0 Å². The summed E-state index contributed by atoms with van der Waals surface area (Å²) in [6.07, 6.45) is 0. The van der Waals surface area contributed by atoms with Crippen LogP contribution >= 0.6 is 0 Å². The monoisotopic (exact) mass is 756 g/mol. The summed E-state index contributed by atoms with van der Waals surface area (Å²) < 4.78 is 0. The van der Waals surface area contributed by atoms with Gasteiger partial charge in [0.1, 0.15) is 0 Å². The van der Waals surface area contributed by atoms with Gasteiger partial charge in [0.15, 0.2) is 0 Å². The van der Waals surface area contributed by atoms with Crippen LogP contribution in [0.15, 0.2) is 218 Å². The summed E-state index contributed by atoms with van der Waals surface area (Å²) in [4.78, 5) is 0. The molecular formula is C60H36. The van der Waals surface area contributed by atoms with Crippen LogP contribution in [-0.2, 0) is 0 Å². The Hall–Kier alpha value is -7.80. The zero-order valence-corrected chi connectivity index (χ0v) is 32.8. The molecule has 12 aromatic rings. The van der Waals surface area contributed by atoms with E-state index in [0.717, 1.165) is 0 Å². The molecule has 12 aromatic carbocycles. The van der Waals surface area contributed by atoms with Crippen molar-refractivity contribution >= 4 is 64.6 Å². The van der Waals surface area contributed by atoms with Crippen molar-refractivity contribution in [3.8, 4) is 66.8 Å². The fraction of sp³-hybridized carbons (Fsp3) is 0. The maximum atomic E-state index is 2.52. The molecule has 0 amide bonds. The van der Waals surface area contributed by atoms with Gasteiger partial charge in [-0.2, -0.15) is 0 Å². The molecule has 0 N–H and O–H groups in total. The zero-order valence-electron chi connectivity index (χ0n) is 32.8. The van der Waals surface area contributed by atoms with Gasteiger partial charge in [0, 0.05) is 0 Å². The molecule has 0 nitrogen and oxygen atoms in total. The van der Waals surface area contributed by atoms with E-state index in [1.165, 1.54) is 131 Å². The third-order valence-corrected chi connectivity index (χ3v) is 13.1. The lowest BCUT2D eigenvalue weighted by Gasteiger charge is -2.23. The summed E-state index contributed by atoms with van der Waals surface area (Å²) in [6, 6.07) is 81.6. The normalized spacial score (nSPS) is 12.0. The Bertz CT molecular complexity index is 3740. The van der Waals surface area contributed by atoms with Crippen LogP contribution in [0, 0.1) is 0 Å². The first-order valence-corrected chi connectivity index (χ1v) is 20.9. The van der Waals surface area contributed by atoms with Crippen molar-refractivity contribution in [2.75, 3.05) is 0 Å². The van der Waals surface area contributed by atoms with Gasteiger partial charge in [-0.15, -0.1) is 0 Å². The number of hydrogen-bond acceptors (Lipinski definition) is 0. The van der Waals surface area contributed by atoms with E-state index in [-0.39, 0.29) is 0 Å². The minimum Gasteiger partial charge on any atom is -0.0622 e. The lowest BCUT2D eigenvalue weighted by Crippen LogP contribution is -1.96. The average Bonchev–Trinajstić information content (AvgIpc) is 3.64. The summed E-state index contributed by atoms with van der Waals surface area (Å²) in [5.41, 5.74) is 15.1. The van der Waals surface area contributed by atoms with Gasteiger partial charge in [-0.25, -0.2) is 0 Å². The summed E-state index contributed by atoms with van der Waals surface area (Å²) in [6.45, 7) is 0. The van der Waals surface area contributed by atoms with Gasteiger partial charge in [0.2, 0.25) is 0 Å². The Labute approximate surface area is 348 Å². The van der Waals surface area contributed by atoms with Crippen LogP contribution in [0.4, 0.5) is 0 Å². The fourth-order valence-electron chi connectivity index (χ4n) is 10.4. The second-order valence-corrected chi connectivity index (χ2v) is 16.3. The second kappa shape index (κ2) is 12.9. The lowest BCUT2D eigenvalue weighted by atomic mass is 9.79. The molecule has 0 heteroatoms. The van der Waals surface area contributed by atoms with Crippen LogP contribution in [0.25, 0.3) is 131 Å². The van der Waals surface area contributed by atoms with Crippen molar-refractivity contribution in [1.82, 2.24) is 0 Å². The van der Waals surface area contributed by atoms with Crippen LogP contribution in [0.5, 0.6) is 0 Å². The quantitative estimate of drug-likeness (QED) is 0.157. The molecule has 0 atom stereocenters. The molecule has 0 spiro atoms. The van der Waals surface area contributed by atoms with Crippen molar-refractivity contribution in [3.63, 3.8) is 0 Å². The molecule has 0 aromatic heterocycles. The summed E-state index contributed by atoms with van der Waals surface area (Å²) in [5.74, 6) is 0. The molecule has 13 rings (SSSR count). The first kappa shape index (κ1) is 33.2. The molecule has 1 aliphatic carbocycles. The maximum Gasteiger partial charge on any atom is -0.000718 e. The Morgan fingerprint density at radius 3 is 1.25 bits per heavy atom. The van der Waals surface area contributed by atoms with Crippen LogP contribution in [0.2, 0.25) is 0 Å². The highest BCUT2D eigenvalue weighted by Crippen LogP contribution is 2.60. The molecular weight excluding hydrogens is 721 g/mol. The predicted molar refractivity (Wildman–Crippen MR) is 258 cm³/mol. The van der Waals surface area contributed by atoms with Gasteiger partial charge in [0.25, 0.3) is 0 Å². The maximum absolute atomic E-state index is 2.52. The first-order valence-electron chi connectivity index (χ1n) is 20.9. The third-order valence-electron chi connectivity index (χ3n) is 13.1. The second-order valence-electron chi connectivity index (χ2n) is 16.3. The third kappa shape index (κ3) is 4.86. The lowest BCUT2D eigenvalue weighted by molar-refractivity contribution is 1.59. The molecule has 0 bridgehead atoms. The van der Waals surface area contributed by atoms with Gasteiger partial charge in [0.05, 0.1) is 0 Å². The highest BCUT2D eigenvalue weighted by atomic mass is 14.3. The topological polar surface area (TPSA) is 0 Å². The van der Waals surface area contributed by atoms with Crippen LogP contribution in [0.3, 0.4) is 0 Å². The predicted octanol–water partition coefficient (Wildman–Crippen LogP) is 16.9. The fourth-order valence-corrected chi connectivity index (χ4v) is 10.4. The van der Waals surface area contributed by atoms with Crippen molar-refractivity contribution in [1.29, 1.82) is 0 Å². The number of hydrogen-bond donors (Lipinski definition) is 0. The number of rotatable bonds is 4. The first-order chi connectivity index (χ1) is 29.8. The molecule has 0 fully saturated rings. The summed E-state index contributed by atoms with van der Waals surface area (Å²) >= 11 is 0. The van der Waals surface area contributed by atoms with E-state index in [1.54, 1.807) is 0 Å². The minimum absolute atomic E-state index is 1.21. The van der Waals surface area contributed by atoms with Crippen molar-refractivity contribution in [3.05, 3.63) is 218 Å². The number of benzene rings is 12. The van der Waals surface area contributed by atoms with Gasteiger partial charge < -0.3 is 0 Å². The van der Waals surface area contributed by atoms with E-state index >= 15 is 0 Å². The number of fused-ring (bicyclic) bond motifs is 10. The van der Waals surface area contributed by atoms with Crippen molar-refractivity contribution in [2.24, 2.45) is 0 Å². The average molecular weight is 757 g/mol. The molecule has 0 aliphatic heterocycles. The molecule has 0 saturated heterocycles. The van der Waals surface area contributed by atoms with Gasteiger partial charge in [-0.3, -0.25) is 0 Å². The van der Waals surface area contributed by atoms with Crippen molar-refractivity contribution in [2.45, 2.75) is 0 Å². The van der Waals surface area contributed by atoms with Gasteiger partial charge in [-0.1, -0.05) is 188 Å². The summed E-state index contributed by atoms with van der Waals surface area (Å²) in [7, 11) is 0. The Morgan fingerprint density at radius 1 is 0.183 bits per heavy atom. The van der Waals surface area contributed by atoms with Crippen molar-refractivity contribution < 1.29 is 0 Å². The molecule has 0 radical (unpaired) electrons. The SMILES string of the molecule is c1ccc(-c2cc3c(-c4ccc5ccccc5c4)c4c(c(-c5ccc6ccccc6c5)c3cc2-c2ccccc2)-c2cc3c5ccccc5ccc3c3cccc-4c23)cc1. The van der Waals surface area contributed by atoms with E-state index in [2.05, 4.69) is 218 Å². The summed E-state index contributed by atoms with van der Waals surface area (Å²) in [5, 5.41) is 15.3. The zero-order chi connectivity index (χ0) is 39.3.